The second-order valence-corrected chi connectivity index (χ2v) is 5.37. The molecule has 1 heterocycles. The molecule has 0 spiro atoms. The van der Waals surface area contributed by atoms with Crippen LogP contribution in [0.5, 0.6) is 0 Å². The number of benzene rings is 2. The lowest BCUT2D eigenvalue weighted by Gasteiger charge is -2.10. The van der Waals surface area contributed by atoms with Crippen molar-refractivity contribution in [1.29, 1.82) is 0 Å². The molecule has 0 aliphatic carbocycles. The van der Waals surface area contributed by atoms with E-state index in [-0.39, 0.29) is 5.69 Å². The third-order valence-electron chi connectivity index (χ3n) is 3.53. The monoisotopic (exact) mass is 359 g/mol. The van der Waals surface area contributed by atoms with Crippen LogP contribution >= 0.6 is 0 Å². The molecule has 0 saturated heterocycles. The van der Waals surface area contributed by atoms with Crippen LogP contribution in [-0.2, 0) is 15.8 Å². The Morgan fingerprint density at radius 2 is 1.58 bits per heavy atom. The minimum atomic E-state index is -4.54. The van der Waals surface area contributed by atoms with Crippen molar-refractivity contribution in [3.63, 3.8) is 0 Å². The van der Waals surface area contributed by atoms with E-state index in [1.54, 1.807) is 36.5 Å². The Hall–Kier alpha value is -3.42. The van der Waals surface area contributed by atoms with E-state index in [4.69, 9.17) is 0 Å². The predicted molar refractivity (Wildman–Crippen MR) is 90.4 cm³/mol. The maximum atomic E-state index is 12.7. The van der Waals surface area contributed by atoms with E-state index in [2.05, 4.69) is 15.6 Å². The van der Waals surface area contributed by atoms with Crippen molar-refractivity contribution in [1.82, 2.24) is 4.98 Å². The lowest BCUT2D eigenvalue weighted by molar-refractivity contribution is -0.137. The number of nitrogens with one attached hydrogen (secondary N) is 2. The summed E-state index contributed by atoms with van der Waals surface area (Å²) in [6.45, 7) is 0. The third-order valence-corrected chi connectivity index (χ3v) is 3.53. The second-order valence-electron chi connectivity index (χ2n) is 5.37. The first kappa shape index (κ1) is 17.4. The Morgan fingerprint density at radius 1 is 0.885 bits per heavy atom. The third kappa shape index (κ3) is 3.80. The van der Waals surface area contributed by atoms with Gasteiger partial charge in [-0.2, -0.15) is 13.2 Å². The fourth-order valence-electron chi connectivity index (χ4n) is 2.35. The van der Waals surface area contributed by atoms with Gasteiger partial charge in [0.05, 0.1) is 16.8 Å². The molecule has 2 aromatic carbocycles. The Kier molecular flexibility index (Phi) is 4.57. The number of carbonyl (C=O) groups excluding carboxylic acids is 2. The highest BCUT2D eigenvalue weighted by Gasteiger charge is 2.30. The number of anilines is 2. The molecular weight excluding hydrogens is 347 g/mol. The number of para-hydroxylation sites is 1. The first-order chi connectivity index (χ1) is 12.3. The molecule has 3 rings (SSSR count). The normalized spacial score (nSPS) is 11.2. The smallest absolute Gasteiger partial charge is 0.318 e. The molecule has 2 amide bonds. The number of carbonyl (C=O) groups is 2. The predicted octanol–water partition coefficient (Wildman–Crippen LogP) is 3.83. The molecule has 0 unspecified atom stereocenters. The van der Waals surface area contributed by atoms with Gasteiger partial charge in [-0.3, -0.25) is 14.6 Å². The van der Waals surface area contributed by atoms with Crippen molar-refractivity contribution in [2.24, 2.45) is 0 Å². The molecule has 26 heavy (non-hydrogen) atoms. The van der Waals surface area contributed by atoms with Crippen molar-refractivity contribution in [2.75, 3.05) is 10.6 Å². The minimum absolute atomic E-state index is 0.129. The van der Waals surface area contributed by atoms with Crippen molar-refractivity contribution in [2.45, 2.75) is 6.18 Å². The highest BCUT2D eigenvalue weighted by atomic mass is 19.4. The summed E-state index contributed by atoms with van der Waals surface area (Å²) >= 11 is 0. The van der Waals surface area contributed by atoms with Crippen LogP contribution in [0.1, 0.15) is 5.56 Å². The SMILES string of the molecule is O=C(Nc1cccc(C(F)(F)F)c1)C(=O)Nc1cccc2cccnc12. The van der Waals surface area contributed by atoms with Gasteiger partial charge in [-0.25, -0.2) is 0 Å². The molecule has 132 valence electrons. The molecule has 2 N–H and O–H groups in total. The van der Waals surface area contributed by atoms with Gasteiger partial charge in [0.1, 0.15) is 0 Å². The Morgan fingerprint density at radius 3 is 2.35 bits per heavy atom. The van der Waals surface area contributed by atoms with E-state index in [1.165, 1.54) is 6.07 Å². The molecule has 0 atom stereocenters. The molecule has 1 aromatic heterocycles. The topological polar surface area (TPSA) is 71.1 Å². The van der Waals surface area contributed by atoms with Crippen LogP contribution in [0.4, 0.5) is 24.5 Å². The average molecular weight is 359 g/mol. The molecule has 0 bridgehead atoms. The number of hydrogen-bond acceptors (Lipinski definition) is 3. The van der Waals surface area contributed by atoms with Gasteiger partial charge in [0.25, 0.3) is 0 Å². The number of fused-ring (bicyclic) bond motifs is 1. The van der Waals surface area contributed by atoms with E-state index < -0.39 is 23.6 Å². The van der Waals surface area contributed by atoms with E-state index in [0.717, 1.165) is 23.6 Å². The van der Waals surface area contributed by atoms with Crippen LogP contribution in [0.2, 0.25) is 0 Å². The number of rotatable bonds is 2. The average Bonchev–Trinajstić information content (AvgIpc) is 2.61. The molecule has 0 saturated carbocycles. The summed E-state index contributed by atoms with van der Waals surface area (Å²) in [7, 11) is 0. The van der Waals surface area contributed by atoms with Crippen molar-refractivity contribution >= 4 is 34.1 Å². The zero-order valence-electron chi connectivity index (χ0n) is 13.2. The van der Waals surface area contributed by atoms with E-state index in [1.807, 2.05) is 0 Å². The Balaban J connectivity index is 1.75. The molecule has 5 nitrogen and oxygen atoms in total. The molecule has 0 aliphatic heterocycles. The van der Waals surface area contributed by atoms with Crippen LogP contribution in [0.3, 0.4) is 0 Å². The highest BCUT2D eigenvalue weighted by Crippen LogP contribution is 2.30. The number of aromatic nitrogens is 1. The van der Waals surface area contributed by atoms with Crippen LogP contribution in [0, 0.1) is 0 Å². The first-order valence-electron chi connectivity index (χ1n) is 7.48. The van der Waals surface area contributed by atoms with Crippen LogP contribution < -0.4 is 10.6 Å². The zero-order valence-corrected chi connectivity index (χ0v) is 13.2. The molecule has 0 aliphatic rings. The summed E-state index contributed by atoms with van der Waals surface area (Å²) < 4.78 is 38.1. The van der Waals surface area contributed by atoms with E-state index in [9.17, 15) is 22.8 Å². The summed E-state index contributed by atoms with van der Waals surface area (Å²) in [6.07, 6.45) is -3.00. The molecule has 8 heteroatoms. The van der Waals surface area contributed by atoms with Gasteiger partial charge in [0.15, 0.2) is 0 Å². The molecule has 3 aromatic rings. The highest BCUT2D eigenvalue weighted by molar-refractivity contribution is 6.44. The quantitative estimate of drug-likeness (QED) is 0.683. The summed E-state index contributed by atoms with van der Waals surface area (Å²) in [5, 5.41) is 5.33. The standard InChI is InChI=1S/C18H12F3N3O2/c19-18(20,21)12-6-2-7-13(10-12)23-16(25)17(26)24-14-8-1-4-11-5-3-9-22-15(11)14/h1-10H,(H,23,25)(H,24,26). The Labute approximate surface area is 145 Å². The van der Waals surface area contributed by atoms with E-state index in [0.29, 0.717) is 11.2 Å². The van der Waals surface area contributed by atoms with Crippen molar-refractivity contribution < 1.29 is 22.8 Å². The van der Waals surface area contributed by atoms with Crippen molar-refractivity contribution in [3.05, 3.63) is 66.4 Å². The van der Waals surface area contributed by atoms with Gasteiger partial charge < -0.3 is 10.6 Å². The molecule has 0 radical (unpaired) electrons. The number of nitrogens with zero attached hydrogens (tertiary/aromatic N) is 1. The molecular formula is C18H12F3N3O2. The number of amides is 2. The summed E-state index contributed by atoms with van der Waals surface area (Å²) in [4.78, 5) is 28.2. The number of hydrogen-bond donors (Lipinski definition) is 2. The minimum Gasteiger partial charge on any atom is -0.318 e. The van der Waals surface area contributed by atoms with Gasteiger partial charge in [-0.05, 0) is 30.3 Å². The number of alkyl halides is 3. The maximum absolute atomic E-state index is 12.7. The summed E-state index contributed by atoms with van der Waals surface area (Å²) in [5.41, 5.74) is -0.229. The zero-order chi connectivity index (χ0) is 18.7. The van der Waals surface area contributed by atoms with Gasteiger partial charge in [-0.1, -0.05) is 24.3 Å². The molecule has 0 fully saturated rings. The fraction of sp³-hybridized carbons (Fsp3) is 0.0556. The maximum Gasteiger partial charge on any atom is 0.416 e. The lowest BCUT2D eigenvalue weighted by atomic mass is 10.2. The van der Waals surface area contributed by atoms with Gasteiger partial charge in [0.2, 0.25) is 0 Å². The number of halogens is 3. The van der Waals surface area contributed by atoms with E-state index >= 15 is 0 Å². The first-order valence-corrected chi connectivity index (χ1v) is 7.48. The van der Waals surface area contributed by atoms with Gasteiger partial charge >= 0.3 is 18.0 Å². The van der Waals surface area contributed by atoms with Crippen LogP contribution in [0.25, 0.3) is 10.9 Å². The Bertz CT molecular complexity index is 981. The summed E-state index contributed by atoms with van der Waals surface area (Å²) in [6, 6.07) is 12.6. The van der Waals surface area contributed by atoms with Gasteiger partial charge in [0, 0.05) is 17.3 Å². The number of pyridine rings is 1. The van der Waals surface area contributed by atoms with Crippen LogP contribution in [0.15, 0.2) is 60.8 Å². The van der Waals surface area contributed by atoms with Gasteiger partial charge in [-0.15, -0.1) is 0 Å². The largest absolute Gasteiger partial charge is 0.416 e. The fourth-order valence-corrected chi connectivity index (χ4v) is 2.35. The van der Waals surface area contributed by atoms with Crippen molar-refractivity contribution in [3.8, 4) is 0 Å². The summed E-state index contributed by atoms with van der Waals surface area (Å²) in [5.74, 6) is -2.10. The second kappa shape index (κ2) is 6.83. The van der Waals surface area contributed by atoms with Crippen LogP contribution in [-0.4, -0.2) is 16.8 Å². The lowest BCUT2D eigenvalue weighted by Crippen LogP contribution is -2.29.